The Kier molecular flexibility index (Phi) is 2.65. The highest BCUT2D eigenvalue weighted by molar-refractivity contribution is 6.71. The van der Waals surface area contributed by atoms with Crippen LogP contribution in [0.2, 0.25) is 0 Å². The predicted molar refractivity (Wildman–Crippen MR) is 66.0 cm³/mol. The van der Waals surface area contributed by atoms with Gasteiger partial charge in [0, 0.05) is 5.70 Å². The zero-order chi connectivity index (χ0) is 10.7. The van der Waals surface area contributed by atoms with Crippen LogP contribution in [0.4, 0.5) is 0 Å². The van der Waals surface area contributed by atoms with E-state index in [-0.39, 0.29) is 6.85 Å². The molecule has 0 aromatic heterocycles. The van der Waals surface area contributed by atoms with Crippen LogP contribution in [0.1, 0.15) is 11.1 Å². The molecule has 0 bridgehead atoms. The number of hydrogen-bond acceptors (Lipinski definition) is 1. The van der Waals surface area contributed by atoms with Crippen molar-refractivity contribution in [3.63, 3.8) is 0 Å². The van der Waals surface area contributed by atoms with E-state index in [0.717, 1.165) is 5.70 Å². The van der Waals surface area contributed by atoms with Crippen molar-refractivity contribution in [1.29, 1.82) is 0 Å². The fourth-order valence-corrected chi connectivity index (χ4v) is 1.54. The van der Waals surface area contributed by atoms with Gasteiger partial charge in [-0.3, -0.25) is 0 Å². The zero-order valence-corrected chi connectivity index (χ0v) is 8.70. The van der Waals surface area contributed by atoms with Crippen LogP contribution in [0.5, 0.6) is 0 Å². The molecule has 1 aliphatic rings. The number of aryl methyl sites for hydroxylation is 1. The molecule has 0 atom stereocenters. The highest BCUT2D eigenvalue weighted by atomic mass is 14.8. The van der Waals surface area contributed by atoms with Crippen molar-refractivity contribution < 1.29 is 0 Å². The minimum atomic E-state index is 0.00584. The molecule has 0 saturated heterocycles. The lowest BCUT2D eigenvalue weighted by atomic mass is 9.62. The summed E-state index contributed by atoms with van der Waals surface area (Å²) < 4.78 is 0. The highest BCUT2D eigenvalue weighted by Crippen LogP contribution is 2.15. The van der Waals surface area contributed by atoms with Gasteiger partial charge in [-0.2, -0.15) is 0 Å². The Hall–Kier alpha value is -1.88. The molecule has 0 aliphatic carbocycles. The third-order valence-corrected chi connectivity index (χ3v) is 2.42. The predicted octanol–water partition coefficient (Wildman–Crippen LogP) is 2.20. The summed E-state index contributed by atoms with van der Waals surface area (Å²) >= 11 is 0. The first kappa shape index (κ1) is 9.67. The Morgan fingerprint density at radius 3 is 2.67 bits per heavy atom. The largest absolute Gasteiger partial charge is 0.413 e. The lowest BCUT2D eigenvalue weighted by molar-refractivity contribution is 1.33. The Labute approximate surface area is 91.0 Å². The average molecular weight is 193 g/mol. The molecule has 2 rings (SSSR count). The van der Waals surface area contributed by atoms with Crippen molar-refractivity contribution in [2.24, 2.45) is 0 Å². The Balaban J connectivity index is 2.26. The van der Waals surface area contributed by atoms with Crippen LogP contribution in [0.25, 0.3) is 5.70 Å². The molecule has 0 radical (unpaired) electrons. The SMILES string of the molecule is C#CB1C=CC=C(c2ccc(C)cc2)N1. The maximum Gasteiger partial charge on any atom is 0.365 e. The van der Waals surface area contributed by atoms with Crippen LogP contribution in [0, 0.1) is 19.2 Å². The molecule has 2 heteroatoms. The van der Waals surface area contributed by atoms with Gasteiger partial charge in [0.25, 0.3) is 0 Å². The van der Waals surface area contributed by atoms with Crippen molar-refractivity contribution in [3.05, 3.63) is 53.5 Å². The van der Waals surface area contributed by atoms with E-state index in [1.54, 1.807) is 0 Å². The number of hydrogen-bond donors (Lipinski definition) is 1. The quantitative estimate of drug-likeness (QED) is 0.532. The number of benzene rings is 1. The van der Waals surface area contributed by atoms with Crippen molar-refractivity contribution >= 4 is 12.5 Å². The molecule has 0 unspecified atom stereocenters. The molecule has 1 nitrogen and oxygen atoms in total. The fraction of sp³-hybridized carbons (Fsp3) is 0.0769. The molecule has 72 valence electrons. The molecule has 0 spiro atoms. The molecular weight excluding hydrogens is 181 g/mol. The standard InChI is InChI=1S/C13H12BN/c1-3-14-10-4-5-13(15-14)12-8-6-11(2)7-9-12/h1,4-10,15H,2H3. The van der Waals surface area contributed by atoms with E-state index in [1.807, 2.05) is 18.1 Å². The molecule has 0 fully saturated rings. The van der Waals surface area contributed by atoms with Crippen LogP contribution in [-0.2, 0) is 0 Å². The second-order valence-corrected chi connectivity index (χ2v) is 3.62. The monoisotopic (exact) mass is 193 g/mol. The molecule has 1 N–H and O–H groups in total. The topological polar surface area (TPSA) is 12.0 Å². The minimum absolute atomic E-state index is 0.00584. The van der Waals surface area contributed by atoms with E-state index in [1.165, 1.54) is 11.1 Å². The van der Waals surface area contributed by atoms with E-state index < -0.39 is 0 Å². The van der Waals surface area contributed by atoms with E-state index in [2.05, 4.69) is 42.2 Å². The normalized spacial score (nSPS) is 14.1. The van der Waals surface area contributed by atoms with Crippen LogP contribution in [0.15, 0.2) is 42.4 Å². The van der Waals surface area contributed by atoms with E-state index >= 15 is 0 Å². The lowest BCUT2D eigenvalue weighted by Crippen LogP contribution is -2.31. The van der Waals surface area contributed by atoms with Gasteiger partial charge in [0.1, 0.15) is 0 Å². The van der Waals surface area contributed by atoms with Crippen LogP contribution < -0.4 is 5.23 Å². The summed E-state index contributed by atoms with van der Waals surface area (Å²) in [5.41, 5.74) is 3.52. The first-order valence-electron chi connectivity index (χ1n) is 4.98. The summed E-state index contributed by atoms with van der Waals surface area (Å²) in [6.45, 7) is 2.09. The second-order valence-electron chi connectivity index (χ2n) is 3.62. The third kappa shape index (κ3) is 2.14. The van der Waals surface area contributed by atoms with Gasteiger partial charge < -0.3 is 5.23 Å². The Bertz CT molecular complexity index is 448. The van der Waals surface area contributed by atoms with Crippen molar-refractivity contribution in [1.82, 2.24) is 5.23 Å². The molecule has 1 heterocycles. The van der Waals surface area contributed by atoms with Crippen molar-refractivity contribution in [2.45, 2.75) is 6.92 Å². The summed E-state index contributed by atoms with van der Waals surface area (Å²) in [4.78, 5) is 0. The molecular formula is C13H12BN. The van der Waals surface area contributed by atoms with Gasteiger partial charge in [-0.25, -0.2) is 0 Å². The first-order valence-corrected chi connectivity index (χ1v) is 4.98. The molecule has 1 aromatic carbocycles. The maximum absolute atomic E-state index is 5.38. The minimum Gasteiger partial charge on any atom is -0.413 e. The number of rotatable bonds is 1. The molecule has 0 saturated carbocycles. The lowest BCUT2D eigenvalue weighted by Gasteiger charge is -2.15. The molecule has 1 aromatic rings. The summed E-state index contributed by atoms with van der Waals surface area (Å²) in [5, 5.41) is 3.28. The van der Waals surface area contributed by atoms with Crippen LogP contribution in [-0.4, -0.2) is 6.85 Å². The van der Waals surface area contributed by atoms with Gasteiger partial charge in [-0.15, -0.1) is 12.2 Å². The Morgan fingerprint density at radius 1 is 1.27 bits per heavy atom. The summed E-state index contributed by atoms with van der Waals surface area (Å²) in [5.74, 6) is 4.65. The third-order valence-electron chi connectivity index (χ3n) is 2.42. The molecule has 1 aliphatic heterocycles. The molecule has 0 amide bonds. The average Bonchev–Trinajstić information content (AvgIpc) is 2.30. The van der Waals surface area contributed by atoms with Gasteiger partial charge in [0.2, 0.25) is 0 Å². The number of nitrogens with one attached hydrogen (secondary N) is 1. The van der Waals surface area contributed by atoms with Crippen LogP contribution in [0.3, 0.4) is 0 Å². The smallest absolute Gasteiger partial charge is 0.365 e. The van der Waals surface area contributed by atoms with Crippen LogP contribution >= 0.6 is 0 Å². The van der Waals surface area contributed by atoms with Gasteiger partial charge in [0.05, 0.1) is 0 Å². The van der Waals surface area contributed by atoms with E-state index in [0.29, 0.717) is 0 Å². The van der Waals surface area contributed by atoms with Gasteiger partial charge in [-0.05, 0) is 18.6 Å². The maximum atomic E-state index is 5.38. The van der Waals surface area contributed by atoms with Gasteiger partial charge >= 0.3 is 6.85 Å². The Morgan fingerprint density at radius 2 is 2.00 bits per heavy atom. The van der Waals surface area contributed by atoms with E-state index in [9.17, 15) is 0 Å². The fourth-order valence-electron chi connectivity index (χ4n) is 1.54. The van der Waals surface area contributed by atoms with Crippen molar-refractivity contribution in [2.75, 3.05) is 0 Å². The van der Waals surface area contributed by atoms with Gasteiger partial charge in [0.15, 0.2) is 0 Å². The van der Waals surface area contributed by atoms with Gasteiger partial charge in [-0.1, -0.05) is 41.9 Å². The highest BCUT2D eigenvalue weighted by Gasteiger charge is 2.12. The van der Waals surface area contributed by atoms with Crippen molar-refractivity contribution in [3.8, 4) is 12.2 Å². The summed E-state index contributed by atoms with van der Waals surface area (Å²) in [6, 6.07) is 8.39. The number of terminal acetylenes is 1. The zero-order valence-electron chi connectivity index (χ0n) is 8.70. The summed E-state index contributed by atoms with van der Waals surface area (Å²) in [7, 11) is 0. The number of allylic oxidation sites excluding steroid dienone is 2. The second kappa shape index (κ2) is 4.10. The van der Waals surface area contributed by atoms with E-state index in [4.69, 9.17) is 6.42 Å². The molecule has 15 heavy (non-hydrogen) atoms. The summed E-state index contributed by atoms with van der Waals surface area (Å²) in [6.07, 6.45) is 9.41. The first-order chi connectivity index (χ1) is 7.29.